The SMILES string of the molecule is CSCCC(NS(=O)(=O)c1ccc(Cl)cc1)C(=O)NCC(c1ccccc1)N1CCCC1. The zero-order valence-electron chi connectivity index (χ0n) is 18.2. The van der Waals surface area contributed by atoms with Gasteiger partial charge in [0.15, 0.2) is 0 Å². The molecule has 174 valence electrons. The summed E-state index contributed by atoms with van der Waals surface area (Å²) in [7, 11) is -3.85. The molecule has 0 radical (unpaired) electrons. The molecule has 1 aliphatic rings. The Bertz CT molecular complexity index is 966. The van der Waals surface area contributed by atoms with Crippen LogP contribution in [0.3, 0.4) is 0 Å². The first kappa shape index (κ1) is 25.1. The largest absolute Gasteiger partial charge is 0.353 e. The summed E-state index contributed by atoms with van der Waals surface area (Å²) in [5.74, 6) is 0.354. The summed E-state index contributed by atoms with van der Waals surface area (Å²) in [6.45, 7) is 2.42. The topological polar surface area (TPSA) is 78.5 Å². The molecule has 1 amide bonds. The number of thioether (sulfide) groups is 1. The van der Waals surface area contributed by atoms with E-state index in [4.69, 9.17) is 11.6 Å². The number of hydrogen-bond acceptors (Lipinski definition) is 5. The van der Waals surface area contributed by atoms with E-state index >= 15 is 0 Å². The van der Waals surface area contributed by atoms with Crippen molar-refractivity contribution < 1.29 is 13.2 Å². The van der Waals surface area contributed by atoms with Crippen LogP contribution < -0.4 is 10.0 Å². The van der Waals surface area contributed by atoms with E-state index in [0.29, 0.717) is 23.7 Å². The van der Waals surface area contributed by atoms with E-state index < -0.39 is 16.1 Å². The zero-order valence-corrected chi connectivity index (χ0v) is 20.6. The summed E-state index contributed by atoms with van der Waals surface area (Å²) in [5, 5.41) is 3.47. The highest BCUT2D eigenvalue weighted by Gasteiger charge is 2.28. The number of carbonyl (C=O) groups excluding carboxylic acids is 1. The maximum Gasteiger partial charge on any atom is 0.241 e. The summed E-state index contributed by atoms with van der Waals surface area (Å²) >= 11 is 7.45. The first-order valence-corrected chi connectivity index (χ1v) is 14.0. The smallest absolute Gasteiger partial charge is 0.241 e. The van der Waals surface area contributed by atoms with Crippen molar-refractivity contribution in [3.63, 3.8) is 0 Å². The van der Waals surface area contributed by atoms with Crippen LogP contribution in [-0.2, 0) is 14.8 Å². The second-order valence-corrected chi connectivity index (χ2v) is 11.0. The average Bonchev–Trinajstić information content (AvgIpc) is 3.32. The van der Waals surface area contributed by atoms with Crippen molar-refractivity contribution in [1.29, 1.82) is 0 Å². The van der Waals surface area contributed by atoms with Gasteiger partial charge in [0.2, 0.25) is 15.9 Å². The van der Waals surface area contributed by atoms with Crippen LogP contribution >= 0.6 is 23.4 Å². The predicted molar refractivity (Wildman–Crippen MR) is 132 cm³/mol. The molecule has 1 aliphatic heterocycles. The maximum absolute atomic E-state index is 13.1. The minimum Gasteiger partial charge on any atom is -0.353 e. The number of likely N-dealkylation sites (tertiary alicyclic amines) is 1. The van der Waals surface area contributed by atoms with E-state index in [1.54, 1.807) is 11.8 Å². The molecule has 2 atom stereocenters. The molecule has 2 unspecified atom stereocenters. The molecule has 0 bridgehead atoms. The highest BCUT2D eigenvalue weighted by molar-refractivity contribution is 7.98. The van der Waals surface area contributed by atoms with Crippen LogP contribution in [0.5, 0.6) is 0 Å². The van der Waals surface area contributed by atoms with Gasteiger partial charge in [0.25, 0.3) is 0 Å². The van der Waals surface area contributed by atoms with Crippen LogP contribution in [0.15, 0.2) is 59.5 Å². The number of hydrogen-bond donors (Lipinski definition) is 2. The Morgan fingerprint density at radius 1 is 1.09 bits per heavy atom. The summed E-state index contributed by atoms with van der Waals surface area (Å²) in [6.07, 6.45) is 4.63. The number of nitrogens with zero attached hydrogens (tertiary/aromatic N) is 1. The maximum atomic E-state index is 13.1. The van der Waals surface area contributed by atoms with Gasteiger partial charge in [-0.05, 0) is 74.2 Å². The second-order valence-electron chi connectivity index (χ2n) is 7.82. The lowest BCUT2D eigenvalue weighted by molar-refractivity contribution is -0.123. The van der Waals surface area contributed by atoms with E-state index in [9.17, 15) is 13.2 Å². The molecule has 3 rings (SSSR count). The third kappa shape index (κ3) is 6.96. The van der Waals surface area contributed by atoms with Gasteiger partial charge < -0.3 is 5.32 Å². The fourth-order valence-corrected chi connectivity index (χ4v) is 5.68. The number of carbonyl (C=O) groups is 1. The predicted octanol–water partition coefficient (Wildman–Crippen LogP) is 3.69. The Labute approximate surface area is 200 Å². The molecule has 0 aromatic heterocycles. The van der Waals surface area contributed by atoms with Gasteiger partial charge in [-0.15, -0.1) is 0 Å². The molecule has 1 heterocycles. The average molecular weight is 496 g/mol. The fourth-order valence-electron chi connectivity index (χ4n) is 3.86. The number of sulfonamides is 1. The van der Waals surface area contributed by atoms with Gasteiger partial charge in [-0.1, -0.05) is 41.9 Å². The molecular formula is C23H30ClN3O3S2. The molecule has 2 aromatic rings. The van der Waals surface area contributed by atoms with Gasteiger partial charge in [0, 0.05) is 11.6 Å². The molecule has 1 saturated heterocycles. The standard InChI is InChI=1S/C23H30ClN3O3S2/c1-31-16-13-21(26-32(29,30)20-11-9-19(24)10-12-20)23(28)25-17-22(27-14-5-6-15-27)18-7-3-2-4-8-18/h2-4,7-12,21-22,26H,5-6,13-17H2,1H3,(H,25,28). The zero-order chi connectivity index (χ0) is 23.0. The lowest BCUT2D eigenvalue weighted by Gasteiger charge is -2.29. The van der Waals surface area contributed by atoms with E-state index in [-0.39, 0.29) is 16.8 Å². The molecule has 32 heavy (non-hydrogen) atoms. The van der Waals surface area contributed by atoms with Crippen molar-refractivity contribution in [2.45, 2.75) is 36.2 Å². The van der Waals surface area contributed by atoms with E-state index in [2.05, 4.69) is 27.1 Å². The van der Waals surface area contributed by atoms with Crippen molar-refractivity contribution >= 4 is 39.3 Å². The Hall–Kier alpha value is -1.58. The highest BCUT2D eigenvalue weighted by atomic mass is 35.5. The van der Waals surface area contributed by atoms with Crippen LogP contribution in [0.2, 0.25) is 5.02 Å². The molecule has 2 N–H and O–H groups in total. The third-order valence-corrected chi connectivity index (χ3v) is 7.97. The molecule has 9 heteroatoms. The Morgan fingerprint density at radius 2 is 1.75 bits per heavy atom. The minimum atomic E-state index is -3.85. The van der Waals surface area contributed by atoms with Crippen molar-refractivity contribution in [3.8, 4) is 0 Å². The van der Waals surface area contributed by atoms with Crippen LogP contribution in [0, 0.1) is 0 Å². The van der Waals surface area contributed by atoms with Gasteiger partial charge in [0.05, 0.1) is 10.9 Å². The van der Waals surface area contributed by atoms with Crippen LogP contribution in [-0.4, -0.2) is 56.9 Å². The molecular weight excluding hydrogens is 466 g/mol. The molecule has 1 fully saturated rings. The minimum absolute atomic E-state index is 0.0664. The quantitative estimate of drug-likeness (QED) is 0.497. The highest BCUT2D eigenvalue weighted by Crippen LogP contribution is 2.24. The first-order valence-electron chi connectivity index (χ1n) is 10.7. The summed E-state index contributed by atoms with van der Waals surface area (Å²) in [6, 6.07) is 15.3. The number of rotatable bonds is 11. The number of benzene rings is 2. The monoisotopic (exact) mass is 495 g/mol. The summed E-state index contributed by atoms with van der Waals surface area (Å²) in [4.78, 5) is 15.5. The van der Waals surface area contributed by atoms with Gasteiger partial charge in [0.1, 0.15) is 6.04 Å². The number of halogens is 1. The number of nitrogens with one attached hydrogen (secondary N) is 2. The fraction of sp³-hybridized carbons (Fsp3) is 0.435. The number of amides is 1. The molecule has 6 nitrogen and oxygen atoms in total. The van der Waals surface area contributed by atoms with Crippen molar-refractivity contribution in [1.82, 2.24) is 14.9 Å². The van der Waals surface area contributed by atoms with E-state index in [1.165, 1.54) is 24.3 Å². The molecule has 0 saturated carbocycles. The van der Waals surface area contributed by atoms with Crippen LogP contribution in [0.4, 0.5) is 0 Å². The van der Waals surface area contributed by atoms with Gasteiger partial charge in [-0.25, -0.2) is 8.42 Å². The van der Waals surface area contributed by atoms with Gasteiger partial charge in [-0.2, -0.15) is 16.5 Å². The van der Waals surface area contributed by atoms with Crippen molar-refractivity contribution in [2.24, 2.45) is 0 Å². The second kappa shape index (κ2) is 12.0. The van der Waals surface area contributed by atoms with E-state index in [0.717, 1.165) is 31.5 Å². The Balaban J connectivity index is 1.71. The molecule has 0 spiro atoms. The lowest BCUT2D eigenvalue weighted by Crippen LogP contribution is -2.48. The molecule has 0 aliphatic carbocycles. The normalized spacial score (nSPS) is 16.6. The third-order valence-electron chi connectivity index (χ3n) is 5.58. The Kier molecular flexibility index (Phi) is 9.43. The molecule has 2 aromatic carbocycles. The van der Waals surface area contributed by atoms with Crippen molar-refractivity contribution in [2.75, 3.05) is 31.6 Å². The van der Waals surface area contributed by atoms with Crippen LogP contribution in [0.25, 0.3) is 0 Å². The van der Waals surface area contributed by atoms with Gasteiger partial charge >= 0.3 is 0 Å². The summed E-state index contributed by atoms with van der Waals surface area (Å²) in [5.41, 5.74) is 1.15. The Morgan fingerprint density at radius 3 is 2.38 bits per heavy atom. The van der Waals surface area contributed by atoms with Crippen molar-refractivity contribution in [3.05, 3.63) is 65.2 Å². The first-order chi connectivity index (χ1) is 15.4. The van der Waals surface area contributed by atoms with E-state index in [1.807, 2.05) is 24.5 Å². The summed E-state index contributed by atoms with van der Waals surface area (Å²) < 4.78 is 28.3. The lowest BCUT2D eigenvalue weighted by atomic mass is 10.1. The van der Waals surface area contributed by atoms with Gasteiger partial charge in [-0.3, -0.25) is 9.69 Å². The van der Waals surface area contributed by atoms with Crippen LogP contribution in [0.1, 0.15) is 30.9 Å².